The molecule has 0 bridgehead atoms. The third-order valence-electron chi connectivity index (χ3n) is 21.5. The molecule has 6 atom stereocenters. The molecule has 0 spiro atoms. The number of H-pyrrole nitrogens is 1. The summed E-state index contributed by atoms with van der Waals surface area (Å²) in [4.78, 5) is 68.5. The van der Waals surface area contributed by atoms with E-state index in [0.29, 0.717) is 131 Å². The van der Waals surface area contributed by atoms with E-state index in [0.717, 1.165) is 108 Å². The number of para-hydroxylation sites is 1. The molecule has 2 aliphatic rings. The molecule has 0 saturated carbocycles. The number of hydrogen-bond donors (Lipinski definition) is 7. The van der Waals surface area contributed by atoms with Gasteiger partial charge < -0.3 is 79.6 Å². The van der Waals surface area contributed by atoms with E-state index in [2.05, 4.69) is 73.5 Å². The standard InChI is InChI=1S/C46H55N9O8S.C32H44N4O6S.C14H13N5/c1-29(2)42(46(58)55-26-35(56)21-39(55)45(57)48-23-31-11-13-32(14-12-31)43-30(3)49-27-64-43)41-20-34(53-63-41)8-7-16-60-18-19-61-17-15-54-25-33(24-50-54)37-22-38(51-52-44(37)47)36-9-5-6-10-40(36)62-28-59-4;1-5-12-40-14-15-41-13-6-7-25-16-28(42-35-25)29(21(2)3)32(39)36-19-26(37)17-27(36)31(38)33-18-23-8-10-24(11-9-23)30-22(4)34-20-43-30;1-9-4-2-3-5-11(9)13-6-12(14(15)19-18-13)10-7-16-17-8-10/h5-6,9-14,20,22,24-25,27,29,35,39,42,56H,7-8,15-19,21,23,26,28H2,1-4H3,(H2,47,52)(H,48,57);8-11,16,20-21,26-27,29,37H,5-7,12-15,17-19H2,1-4H3,(H,33,38);2-8H,1H3,(H2,15,19)(H,16,17)/t35-,39+,42?;26-,27+,29?;/m11./s1. The molecule has 10 heterocycles. The summed E-state index contributed by atoms with van der Waals surface area (Å²) in [5.74, 6) is -0.400. The van der Waals surface area contributed by atoms with Gasteiger partial charge in [0.15, 0.2) is 18.4 Å². The lowest BCUT2D eigenvalue weighted by Crippen LogP contribution is -2.48. The molecule has 0 radical (unpaired) electrons. The number of anilines is 2. The van der Waals surface area contributed by atoms with Gasteiger partial charge in [0.25, 0.3) is 0 Å². The number of hydrogen-bond acceptors (Lipinski definition) is 28. The minimum atomic E-state index is -0.807. The molecule has 2 aliphatic heterocycles. The largest absolute Gasteiger partial charge is 0.467 e. The fourth-order valence-electron chi connectivity index (χ4n) is 14.9. The van der Waals surface area contributed by atoms with Crippen LogP contribution in [0.2, 0.25) is 0 Å². The zero-order chi connectivity index (χ0) is 89.0. The molecule has 2 unspecified atom stereocenters. The Balaban J connectivity index is 0.000000198. The Morgan fingerprint density at radius 3 is 1.53 bits per heavy atom. The van der Waals surface area contributed by atoms with Crippen LogP contribution >= 0.6 is 22.7 Å². The first kappa shape index (κ1) is 93.3. The van der Waals surface area contributed by atoms with Crippen LogP contribution in [-0.4, -0.2) is 208 Å². The Hall–Kier alpha value is -11.9. The van der Waals surface area contributed by atoms with Gasteiger partial charge in [-0.05, 0) is 117 Å². The average Bonchev–Trinajstić information content (AvgIpc) is 1.58. The van der Waals surface area contributed by atoms with Crippen LogP contribution in [0, 0.1) is 32.6 Å². The topological polar surface area (TPSA) is 423 Å². The van der Waals surface area contributed by atoms with Crippen LogP contribution in [0.4, 0.5) is 11.6 Å². The highest BCUT2D eigenvalue weighted by Gasteiger charge is 2.45. The Bertz CT molecular complexity index is 5440. The van der Waals surface area contributed by atoms with Gasteiger partial charge in [0.1, 0.15) is 41.2 Å². The van der Waals surface area contributed by atoms with Crippen LogP contribution < -0.4 is 26.8 Å². The highest BCUT2D eigenvalue weighted by Crippen LogP contribution is 2.38. The highest BCUT2D eigenvalue weighted by molar-refractivity contribution is 7.13. The Labute approximate surface area is 740 Å². The van der Waals surface area contributed by atoms with Gasteiger partial charge >= 0.3 is 0 Å². The number of β-amino-alcohol motifs (C(OH)–C–C–N with tert-alkyl or cyclic N) is 2. The van der Waals surface area contributed by atoms with Crippen molar-refractivity contribution in [3.05, 3.63) is 208 Å². The molecule has 4 amide bonds. The number of carbonyl (C=O) groups is 4. The van der Waals surface area contributed by atoms with Crippen molar-refractivity contribution in [3.8, 4) is 71.4 Å². The van der Waals surface area contributed by atoms with E-state index in [4.69, 9.17) is 48.9 Å². The summed E-state index contributed by atoms with van der Waals surface area (Å²) >= 11 is 3.18. The summed E-state index contributed by atoms with van der Waals surface area (Å²) in [6.45, 7) is 21.5. The fourth-order valence-corrected chi connectivity index (χ4v) is 16.6. The fraction of sp³-hybridized carbons (Fsp3) is 0.413. The normalized spacial score (nSPS) is 15.4. The molecule has 9 N–H and O–H groups in total. The van der Waals surface area contributed by atoms with Gasteiger partial charge in [0, 0.05) is 124 Å². The van der Waals surface area contributed by atoms with Crippen LogP contribution in [0.1, 0.15) is 130 Å². The number of nitrogens with one attached hydrogen (secondary N) is 3. The number of nitrogens with two attached hydrogens (primary N) is 2. The number of aliphatic hydroxyl groups excluding tert-OH is 2. The number of carbonyl (C=O) groups excluding carboxylic acids is 4. The maximum absolute atomic E-state index is 14.0. The maximum atomic E-state index is 14.0. The van der Waals surface area contributed by atoms with Crippen molar-refractivity contribution in [2.24, 2.45) is 11.8 Å². The number of rotatable bonds is 40. The van der Waals surface area contributed by atoms with E-state index in [1.807, 2.05) is 187 Å². The lowest BCUT2D eigenvalue weighted by molar-refractivity contribution is -0.141. The van der Waals surface area contributed by atoms with Crippen molar-refractivity contribution in [2.75, 3.05) is 91.3 Å². The number of aryl methyl sites for hydroxylation is 5. The molecule has 126 heavy (non-hydrogen) atoms. The van der Waals surface area contributed by atoms with Gasteiger partial charge in [-0.2, -0.15) is 10.2 Å². The van der Waals surface area contributed by atoms with Crippen molar-refractivity contribution in [1.29, 1.82) is 0 Å². The van der Waals surface area contributed by atoms with E-state index < -0.39 is 36.1 Å². The lowest BCUT2D eigenvalue weighted by Gasteiger charge is -2.28. The van der Waals surface area contributed by atoms with Gasteiger partial charge in [-0.3, -0.25) is 29.0 Å². The van der Waals surface area contributed by atoms with Gasteiger partial charge in [-0.25, -0.2) is 9.97 Å². The van der Waals surface area contributed by atoms with E-state index in [1.54, 1.807) is 53.1 Å². The van der Waals surface area contributed by atoms with Gasteiger partial charge in [0.05, 0.1) is 119 Å². The smallest absolute Gasteiger partial charge is 0.243 e. The summed E-state index contributed by atoms with van der Waals surface area (Å²) < 4.78 is 46.5. The third-order valence-corrected chi connectivity index (χ3v) is 23.5. The highest BCUT2D eigenvalue weighted by atomic mass is 32.1. The zero-order valence-corrected chi connectivity index (χ0v) is 74.2. The Morgan fingerprint density at radius 1 is 0.571 bits per heavy atom. The Morgan fingerprint density at radius 2 is 1.06 bits per heavy atom. The minimum absolute atomic E-state index is 0.0688. The summed E-state index contributed by atoms with van der Waals surface area (Å²) in [5.41, 5.74) is 30.9. The third kappa shape index (κ3) is 25.3. The molecule has 8 aromatic heterocycles. The molecule has 2 saturated heterocycles. The summed E-state index contributed by atoms with van der Waals surface area (Å²) in [6.07, 6.45) is 9.61. The van der Waals surface area contributed by atoms with Crippen molar-refractivity contribution < 1.29 is 66.9 Å². The average molecular weight is 1760 g/mol. The number of likely N-dealkylation sites (tertiary alicyclic amines) is 2. The van der Waals surface area contributed by atoms with Crippen molar-refractivity contribution in [3.63, 3.8) is 0 Å². The number of ether oxygens (including phenoxy) is 6. The minimum Gasteiger partial charge on any atom is -0.467 e. The number of thiazole rings is 2. The first-order valence-corrected chi connectivity index (χ1v) is 44.2. The van der Waals surface area contributed by atoms with Gasteiger partial charge in [0.2, 0.25) is 23.6 Å². The van der Waals surface area contributed by atoms with Crippen molar-refractivity contribution in [1.82, 2.24) is 81.1 Å². The molecule has 666 valence electrons. The molecular weight excluding hydrogens is 1650 g/mol. The molecule has 2 fully saturated rings. The number of aliphatic hydroxyl groups is 2. The molecule has 0 aliphatic carbocycles. The predicted molar refractivity (Wildman–Crippen MR) is 479 cm³/mol. The molecule has 32 nitrogen and oxygen atoms in total. The number of nitrogens with zero attached hydrogens (tertiary/aromatic N) is 13. The molecule has 34 heteroatoms. The lowest BCUT2D eigenvalue weighted by atomic mass is 9.91. The zero-order valence-electron chi connectivity index (χ0n) is 72.6. The summed E-state index contributed by atoms with van der Waals surface area (Å²) in [5, 5.41) is 63.3. The second-order valence-electron chi connectivity index (χ2n) is 31.6. The monoisotopic (exact) mass is 1760 g/mol. The maximum Gasteiger partial charge on any atom is 0.243 e. The second-order valence-corrected chi connectivity index (χ2v) is 33.3. The SMILES string of the molecule is CCCOCCOCCCc1cc(C(C(=O)N2C[C@H](O)C[C@H]2C(=O)NCc2ccc(-c3scnc3C)cc2)C(C)C)on1.COCOc1ccccc1-c1cc(-c2cnn(CCOCCOCCCc3cc(C(C(=O)N4C[C@H](O)C[C@H]4C(=O)NCc4ccc(-c5scnc5C)cc4)C(C)C)on3)c2)c(N)nn1.Cc1ccccc1-c1cc(-c2cn[nH]c2)c(N)nn1. The van der Waals surface area contributed by atoms with Crippen molar-refractivity contribution >= 4 is 57.9 Å². The molecule has 12 aromatic rings. The van der Waals surface area contributed by atoms with Crippen LogP contribution in [-0.2, 0) is 75.3 Å². The predicted octanol–water partition coefficient (Wildman–Crippen LogP) is 12.6. The van der Waals surface area contributed by atoms with Crippen molar-refractivity contribution in [2.45, 2.75) is 156 Å². The van der Waals surface area contributed by atoms with E-state index in [1.165, 1.54) is 9.80 Å². The number of aromatic amines is 1. The van der Waals surface area contributed by atoms with Crippen LogP contribution in [0.25, 0.3) is 65.6 Å². The number of amides is 4. The van der Waals surface area contributed by atoms with Gasteiger partial charge in [-0.15, -0.1) is 43.1 Å². The number of benzene rings is 4. The van der Waals surface area contributed by atoms with E-state index >= 15 is 0 Å². The quantitative estimate of drug-likeness (QED) is 0.0138. The van der Waals surface area contributed by atoms with E-state index in [-0.39, 0.29) is 68.2 Å². The summed E-state index contributed by atoms with van der Waals surface area (Å²) in [7, 11) is 1.56. The number of aromatic nitrogens is 12. The van der Waals surface area contributed by atoms with E-state index in [9.17, 15) is 29.4 Å². The first-order valence-electron chi connectivity index (χ1n) is 42.4. The molecule has 4 aromatic carbocycles. The number of methoxy groups -OCH3 is 1. The van der Waals surface area contributed by atoms with Crippen LogP contribution in [0.5, 0.6) is 5.75 Å². The Kier molecular flexibility index (Phi) is 34.3. The summed E-state index contributed by atoms with van der Waals surface area (Å²) in [6, 6.07) is 37.4. The van der Waals surface area contributed by atoms with Gasteiger partial charge in [-0.1, -0.05) is 130 Å². The van der Waals surface area contributed by atoms with Crippen LogP contribution in [0.3, 0.4) is 0 Å². The second kappa shape index (κ2) is 46.4. The van der Waals surface area contributed by atoms with Crippen LogP contribution in [0.15, 0.2) is 166 Å². The molecule has 14 rings (SSSR count). The molecular formula is C92H112N18O14S2. The first-order chi connectivity index (χ1) is 61.1. The number of nitrogen functional groups attached to an aromatic ring is 2.